The Balaban J connectivity index is 0.830. The second-order valence-corrected chi connectivity index (χ2v) is 15.0. The Morgan fingerprint density at radius 2 is 1.31 bits per heavy atom. The molecule has 0 saturated carbocycles. The smallest absolute Gasteiger partial charge is 0.320 e. The second-order valence-electron chi connectivity index (χ2n) is 14.2. The molecule has 6 heterocycles. The number of benzene rings is 2. The number of hydrogen-bond donors (Lipinski definition) is 6. The molecule has 294 valence electrons. The molecule has 0 saturated heterocycles. The van der Waals surface area contributed by atoms with E-state index in [1.54, 1.807) is 18.2 Å². The van der Waals surface area contributed by atoms with Gasteiger partial charge in [0.05, 0.1) is 11.4 Å². The van der Waals surface area contributed by atoms with Crippen LogP contribution in [0.5, 0.6) is 0 Å². The fourth-order valence-corrected chi connectivity index (χ4v) is 7.71. The molecule has 1 atom stereocenters. The molecule has 6 aromatic rings. The van der Waals surface area contributed by atoms with Crippen molar-refractivity contribution in [2.24, 2.45) is 0 Å². The molecule has 0 spiro atoms. The summed E-state index contributed by atoms with van der Waals surface area (Å²) in [7, 11) is 0. The van der Waals surface area contributed by atoms with E-state index < -0.39 is 0 Å². The molecule has 0 aliphatic carbocycles. The monoisotopic (exact) mass is 812 g/mol. The van der Waals surface area contributed by atoms with Gasteiger partial charge in [-0.15, -0.1) is 0 Å². The van der Waals surface area contributed by atoms with E-state index in [0.717, 1.165) is 76.8 Å². The lowest BCUT2D eigenvalue weighted by Crippen LogP contribution is -2.31. The standard InChI is InChI=1S/C44H42Cl2N10O2/c45-35-8-2-1-7-33(35)38-10-4-12-40(54-38)56-44(58)49-23-20-32-17-14-29-24-30(26-50-42(29)52-32)34-25-28(15-18-36(34)46)37-9-3-11-39(53-37)55-43(57)48-22-19-31-16-13-27-6-5-21-47-41(27)51-31/h1-4,7-18,25,30H,5-6,19-24,26H2,(H,47,51)(H,50,52)(H2,48,53,55,57)(H2,49,54,56,58). The largest absolute Gasteiger partial charge is 0.370 e. The molecule has 4 amide bonds. The fraction of sp³-hybridized carbons (Fsp3) is 0.227. The summed E-state index contributed by atoms with van der Waals surface area (Å²) in [6.07, 6.45) is 4.09. The van der Waals surface area contributed by atoms with Gasteiger partial charge in [0.2, 0.25) is 0 Å². The SMILES string of the molecule is O=C(NCCc1ccc2c(n1)NCCC2)Nc1cccc(-c2ccc(Cl)c(C3CNc4nc(CCNC(=O)Nc5cccc(-c6ccccc6Cl)n5)ccc4C3)c2)n1. The maximum atomic E-state index is 12.8. The Labute approximate surface area is 346 Å². The van der Waals surface area contributed by atoms with Crippen LogP contribution in [-0.2, 0) is 25.7 Å². The van der Waals surface area contributed by atoms with Crippen LogP contribution in [0.15, 0.2) is 103 Å². The highest BCUT2D eigenvalue weighted by atomic mass is 35.5. The number of anilines is 4. The van der Waals surface area contributed by atoms with Crippen molar-refractivity contribution in [3.63, 3.8) is 0 Å². The summed E-state index contributed by atoms with van der Waals surface area (Å²) >= 11 is 13.1. The van der Waals surface area contributed by atoms with Crippen LogP contribution >= 0.6 is 23.2 Å². The van der Waals surface area contributed by atoms with Crippen molar-refractivity contribution in [3.05, 3.63) is 141 Å². The number of pyridine rings is 4. The molecule has 12 nitrogen and oxygen atoms in total. The van der Waals surface area contributed by atoms with E-state index in [1.807, 2.05) is 66.7 Å². The minimum atomic E-state index is -0.353. The number of halogens is 2. The molecule has 8 rings (SSSR count). The molecular weight excluding hydrogens is 771 g/mol. The number of carbonyl (C=O) groups excluding carboxylic acids is 2. The molecule has 2 aliphatic rings. The third-order valence-corrected chi connectivity index (χ3v) is 10.8. The van der Waals surface area contributed by atoms with Crippen LogP contribution in [0.2, 0.25) is 10.0 Å². The number of nitrogens with zero attached hydrogens (tertiary/aromatic N) is 4. The van der Waals surface area contributed by atoms with Crippen LogP contribution in [-0.4, -0.2) is 58.2 Å². The lowest BCUT2D eigenvalue weighted by atomic mass is 9.88. The maximum Gasteiger partial charge on any atom is 0.320 e. The van der Waals surface area contributed by atoms with Gasteiger partial charge in [-0.05, 0) is 90.6 Å². The predicted molar refractivity (Wildman–Crippen MR) is 231 cm³/mol. The molecule has 0 radical (unpaired) electrons. The summed E-state index contributed by atoms with van der Waals surface area (Å²) in [5.74, 6) is 2.77. The molecule has 1 unspecified atom stereocenters. The summed E-state index contributed by atoms with van der Waals surface area (Å²) in [5, 5.41) is 19.6. The zero-order chi connectivity index (χ0) is 39.8. The topological polar surface area (TPSA) is 158 Å². The summed E-state index contributed by atoms with van der Waals surface area (Å²) in [4.78, 5) is 44.3. The molecule has 58 heavy (non-hydrogen) atoms. The third kappa shape index (κ3) is 9.47. The van der Waals surface area contributed by atoms with Crippen LogP contribution in [0.3, 0.4) is 0 Å². The fourth-order valence-electron chi connectivity index (χ4n) is 7.20. The highest BCUT2D eigenvalue weighted by Gasteiger charge is 2.24. The number of aryl methyl sites for hydroxylation is 1. The van der Waals surface area contributed by atoms with E-state index in [0.29, 0.717) is 59.9 Å². The normalized spacial score (nSPS) is 14.2. The van der Waals surface area contributed by atoms with Gasteiger partial charge in [0.25, 0.3) is 0 Å². The number of fused-ring (bicyclic) bond motifs is 2. The summed E-state index contributed by atoms with van der Waals surface area (Å²) in [6, 6.07) is 31.9. The number of nitrogens with one attached hydrogen (secondary N) is 6. The van der Waals surface area contributed by atoms with Crippen molar-refractivity contribution in [2.75, 3.05) is 47.4 Å². The second kappa shape index (κ2) is 17.9. The Morgan fingerprint density at radius 1 is 0.655 bits per heavy atom. The molecule has 2 aliphatic heterocycles. The molecule has 6 N–H and O–H groups in total. The quantitative estimate of drug-likeness (QED) is 0.0758. The number of urea groups is 2. The Kier molecular flexibility index (Phi) is 11.9. The Hall–Kier alpha value is -6.24. The molecule has 0 bridgehead atoms. The van der Waals surface area contributed by atoms with Gasteiger partial charge in [-0.1, -0.05) is 71.7 Å². The van der Waals surface area contributed by atoms with Crippen LogP contribution < -0.4 is 31.9 Å². The lowest BCUT2D eigenvalue weighted by molar-refractivity contribution is 0.251. The van der Waals surface area contributed by atoms with Crippen LogP contribution in [0, 0.1) is 0 Å². The van der Waals surface area contributed by atoms with Crippen molar-refractivity contribution in [3.8, 4) is 22.5 Å². The van der Waals surface area contributed by atoms with Gasteiger partial charge in [-0.2, -0.15) is 0 Å². The third-order valence-electron chi connectivity index (χ3n) is 10.2. The van der Waals surface area contributed by atoms with E-state index in [2.05, 4.69) is 55.1 Å². The maximum absolute atomic E-state index is 12.8. The Morgan fingerprint density at radius 3 is 2.03 bits per heavy atom. The van der Waals surface area contributed by atoms with E-state index in [9.17, 15) is 9.59 Å². The number of amides is 4. The highest BCUT2D eigenvalue weighted by molar-refractivity contribution is 6.33. The summed E-state index contributed by atoms with van der Waals surface area (Å²) in [5.41, 5.74) is 8.22. The van der Waals surface area contributed by atoms with Crippen LogP contribution in [0.4, 0.5) is 32.9 Å². The number of rotatable bonds is 11. The predicted octanol–water partition coefficient (Wildman–Crippen LogP) is 8.75. The zero-order valence-corrected chi connectivity index (χ0v) is 33.1. The average Bonchev–Trinajstić information content (AvgIpc) is 3.24. The summed E-state index contributed by atoms with van der Waals surface area (Å²) in [6.45, 7) is 2.44. The first kappa shape index (κ1) is 38.6. The first-order chi connectivity index (χ1) is 28.3. The highest BCUT2D eigenvalue weighted by Crippen LogP contribution is 2.36. The number of aromatic nitrogens is 4. The van der Waals surface area contributed by atoms with Gasteiger partial charge in [0.15, 0.2) is 0 Å². The van der Waals surface area contributed by atoms with Gasteiger partial charge < -0.3 is 21.3 Å². The van der Waals surface area contributed by atoms with Crippen molar-refractivity contribution in [1.29, 1.82) is 0 Å². The summed E-state index contributed by atoms with van der Waals surface area (Å²) < 4.78 is 0. The van der Waals surface area contributed by atoms with E-state index in [-0.39, 0.29) is 18.0 Å². The first-order valence-corrected chi connectivity index (χ1v) is 20.1. The molecule has 4 aromatic heterocycles. The Bertz CT molecular complexity index is 2460. The number of carbonyl (C=O) groups is 2. The van der Waals surface area contributed by atoms with Crippen molar-refractivity contribution >= 4 is 58.5 Å². The molecule has 14 heteroatoms. The molecular formula is C44H42Cl2N10O2. The van der Waals surface area contributed by atoms with E-state index in [4.69, 9.17) is 38.2 Å². The van der Waals surface area contributed by atoms with E-state index >= 15 is 0 Å². The van der Waals surface area contributed by atoms with Crippen LogP contribution in [0.25, 0.3) is 22.5 Å². The van der Waals surface area contributed by atoms with Gasteiger partial charge in [0.1, 0.15) is 23.3 Å². The van der Waals surface area contributed by atoms with Gasteiger partial charge in [0, 0.05) is 77.5 Å². The molecule has 0 fully saturated rings. The van der Waals surface area contributed by atoms with Crippen molar-refractivity contribution in [1.82, 2.24) is 30.6 Å². The molecule has 2 aromatic carbocycles. The van der Waals surface area contributed by atoms with Gasteiger partial charge in [-0.3, -0.25) is 10.6 Å². The van der Waals surface area contributed by atoms with Crippen molar-refractivity contribution < 1.29 is 9.59 Å². The first-order valence-electron chi connectivity index (χ1n) is 19.4. The minimum absolute atomic E-state index is 0.107. The lowest BCUT2D eigenvalue weighted by Gasteiger charge is -2.27. The van der Waals surface area contributed by atoms with Gasteiger partial charge in [-0.25, -0.2) is 29.5 Å². The van der Waals surface area contributed by atoms with E-state index in [1.165, 1.54) is 5.56 Å². The minimum Gasteiger partial charge on any atom is -0.370 e. The van der Waals surface area contributed by atoms with Crippen LogP contribution in [0.1, 0.15) is 40.4 Å². The van der Waals surface area contributed by atoms with Gasteiger partial charge >= 0.3 is 12.1 Å². The number of hydrogen-bond acceptors (Lipinski definition) is 8. The van der Waals surface area contributed by atoms with Crippen molar-refractivity contribution in [2.45, 2.75) is 38.0 Å². The average molecular weight is 814 g/mol. The zero-order valence-electron chi connectivity index (χ0n) is 31.6.